The Hall–Kier alpha value is -2.86. The predicted molar refractivity (Wildman–Crippen MR) is 102 cm³/mol. The van der Waals surface area contributed by atoms with E-state index < -0.39 is 12.0 Å². The van der Waals surface area contributed by atoms with Crippen molar-refractivity contribution in [2.75, 3.05) is 0 Å². The van der Waals surface area contributed by atoms with Crippen molar-refractivity contribution < 1.29 is 14.7 Å². The molecule has 4 N–H and O–H groups in total. The molecule has 0 bridgehead atoms. The van der Waals surface area contributed by atoms with E-state index in [0.29, 0.717) is 0 Å². The zero-order valence-electron chi connectivity index (χ0n) is 14.9. The third-order valence-electron chi connectivity index (χ3n) is 4.81. The Kier molecular flexibility index (Phi) is 4.95. The number of amides is 1. The van der Waals surface area contributed by atoms with E-state index in [0.717, 1.165) is 16.5 Å². The molecule has 3 aromatic rings. The lowest BCUT2D eigenvalue weighted by atomic mass is 10.0. The van der Waals surface area contributed by atoms with Crippen LogP contribution in [0.5, 0.6) is 0 Å². The fraction of sp³-hybridized carbons (Fsp3) is 0.300. The second-order valence-electron chi connectivity index (χ2n) is 6.63. The smallest absolute Gasteiger partial charge is 0.320 e. The number of carbonyl (C=O) groups is 2. The standard InChI is InChI=1S/C20H23N3O3/c1-12(22-19(24)10-8-16(21)20(25)26)13-7-9-18-15(11-13)14-5-3-4-6-17(14)23(18)2/h3-7,9,11-12,16H,8,10,21H2,1-2H3,(H,22,24)(H,25,26)/t12?,16-/m0/s1. The molecule has 0 aliphatic carbocycles. The zero-order chi connectivity index (χ0) is 18.8. The molecule has 0 radical (unpaired) electrons. The molecular formula is C20H23N3O3. The summed E-state index contributed by atoms with van der Waals surface area (Å²) in [5.41, 5.74) is 8.75. The van der Waals surface area contributed by atoms with Crippen molar-refractivity contribution in [3.63, 3.8) is 0 Å². The van der Waals surface area contributed by atoms with Crippen molar-refractivity contribution in [3.8, 4) is 0 Å². The number of hydrogen-bond donors (Lipinski definition) is 3. The molecule has 2 atom stereocenters. The van der Waals surface area contributed by atoms with Gasteiger partial charge in [-0.25, -0.2) is 0 Å². The van der Waals surface area contributed by atoms with Crippen molar-refractivity contribution in [3.05, 3.63) is 48.0 Å². The number of hydrogen-bond acceptors (Lipinski definition) is 3. The molecule has 136 valence electrons. The van der Waals surface area contributed by atoms with Gasteiger partial charge in [0.05, 0.1) is 6.04 Å². The summed E-state index contributed by atoms with van der Waals surface area (Å²) < 4.78 is 2.16. The SMILES string of the molecule is CC(NC(=O)CC[C@H](N)C(=O)O)c1ccc2c(c1)c1ccccc1n2C. The van der Waals surface area contributed by atoms with Gasteiger partial charge < -0.3 is 20.7 Å². The zero-order valence-corrected chi connectivity index (χ0v) is 14.9. The minimum absolute atomic E-state index is 0.0916. The minimum atomic E-state index is -1.09. The van der Waals surface area contributed by atoms with Crippen LogP contribution in [0.2, 0.25) is 0 Å². The maximum atomic E-state index is 12.1. The highest BCUT2D eigenvalue weighted by Gasteiger charge is 2.16. The lowest BCUT2D eigenvalue weighted by Crippen LogP contribution is -2.33. The Bertz CT molecular complexity index is 977. The first-order chi connectivity index (χ1) is 12.4. The number of aromatic nitrogens is 1. The third kappa shape index (κ3) is 3.41. The molecule has 0 aliphatic rings. The molecule has 1 unspecified atom stereocenters. The van der Waals surface area contributed by atoms with Crippen LogP contribution in [-0.2, 0) is 16.6 Å². The molecule has 1 aromatic heterocycles. The van der Waals surface area contributed by atoms with Crippen LogP contribution in [0.4, 0.5) is 0 Å². The van der Waals surface area contributed by atoms with Gasteiger partial charge in [0, 0.05) is 35.3 Å². The van der Waals surface area contributed by atoms with Crippen molar-refractivity contribution >= 4 is 33.7 Å². The van der Waals surface area contributed by atoms with Gasteiger partial charge in [-0.05, 0) is 37.1 Å². The number of aliphatic carboxylic acids is 1. The number of carbonyl (C=O) groups excluding carboxylic acids is 1. The van der Waals surface area contributed by atoms with Gasteiger partial charge in [0.25, 0.3) is 0 Å². The number of para-hydroxylation sites is 1. The van der Waals surface area contributed by atoms with Gasteiger partial charge in [-0.3, -0.25) is 9.59 Å². The molecule has 0 spiro atoms. The minimum Gasteiger partial charge on any atom is -0.480 e. The number of rotatable bonds is 6. The molecule has 2 aromatic carbocycles. The average molecular weight is 353 g/mol. The van der Waals surface area contributed by atoms with Crippen molar-refractivity contribution in [1.82, 2.24) is 9.88 Å². The van der Waals surface area contributed by atoms with Gasteiger partial charge in [0.1, 0.15) is 6.04 Å². The van der Waals surface area contributed by atoms with E-state index in [1.807, 2.05) is 32.2 Å². The summed E-state index contributed by atoms with van der Waals surface area (Å²) >= 11 is 0. The molecule has 1 amide bonds. The van der Waals surface area contributed by atoms with E-state index in [4.69, 9.17) is 10.8 Å². The number of aryl methyl sites for hydroxylation is 1. The van der Waals surface area contributed by atoms with Gasteiger partial charge in [0.2, 0.25) is 5.91 Å². The topological polar surface area (TPSA) is 97.3 Å². The van der Waals surface area contributed by atoms with E-state index in [1.165, 1.54) is 10.9 Å². The highest BCUT2D eigenvalue weighted by molar-refractivity contribution is 6.08. The van der Waals surface area contributed by atoms with Crippen molar-refractivity contribution in [1.29, 1.82) is 0 Å². The summed E-state index contributed by atoms with van der Waals surface area (Å²) in [5, 5.41) is 14.0. The van der Waals surface area contributed by atoms with Crippen molar-refractivity contribution in [2.24, 2.45) is 12.8 Å². The van der Waals surface area contributed by atoms with Gasteiger partial charge in [-0.2, -0.15) is 0 Å². The molecule has 0 saturated carbocycles. The van der Waals surface area contributed by atoms with Gasteiger partial charge >= 0.3 is 5.97 Å². The van der Waals surface area contributed by atoms with Gasteiger partial charge in [-0.15, -0.1) is 0 Å². The summed E-state index contributed by atoms with van der Waals surface area (Å²) in [4.78, 5) is 22.8. The van der Waals surface area contributed by atoms with Gasteiger partial charge in [0.15, 0.2) is 0 Å². The second kappa shape index (κ2) is 7.17. The summed E-state index contributed by atoms with van der Waals surface area (Å²) in [7, 11) is 2.04. The molecule has 26 heavy (non-hydrogen) atoms. The number of nitrogens with two attached hydrogens (primary N) is 1. The third-order valence-corrected chi connectivity index (χ3v) is 4.81. The highest BCUT2D eigenvalue weighted by atomic mass is 16.4. The number of carboxylic acids is 1. The van der Waals surface area contributed by atoms with Crippen LogP contribution in [0.3, 0.4) is 0 Å². The Morgan fingerprint density at radius 1 is 1.15 bits per heavy atom. The summed E-state index contributed by atoms with van der Waals surface area (Å²) in [6.07, 6.45) is 0.213. The molecule has 0 aliphatic heterocycles. The second-order valence-corrected chi connectivity index (χ2v) is 6.63. The fourth-order valence-corrected chi connectivity index (χ4v) is 3.26. The quantitative estimate of drug-likeness (QED) is 0.635. The van der Waals surface area contributed by atoms with Crippen molar-refractivity contribution in [2.45, 2.75) is 31.8 Å². The predicted octanol–water partition coefficient (Wildman–Crippen LogP) is 2.70. The highest BCUT2D eigenvalue weighted by Crippen LogP contribution is 2.30. The molecule has 0 saturated heterocycles. The van der Waals surface area contributed by atoms with E-state index in [9.17, 15) is 9.59 Å². The van der Waals surface area contributed by atoms with E-state index >= 15 is 0 Å². The first-order valence-electron chi connectivity index (χ1n) is 8.63. The Labute approximate surface area is 151 Å². The maximum Gasteiger partial charge on any atom is 0.320 e. The number of fused-ring (bicyclic) bond motifs is 3. The van der Waals surface area contributed by atoms with Crippen LogP contribution in [-0.4, -0.2) is 27.6 Å². The van der Waals surface area contributed by atoms with E-state index in [1.54, 1.807) is 0 Å². The number of nitrogens with zero attached hydrogens (tertiary/aromatic N) is 1. The van der Waals surface area contributed by atoms with Crippen LogP contribution in [0, 0.1) is 0 Å². The molecule has 1 heterocycles. The number of nitrogens with one attached hydrogen (secondary N) is 1. The molecule has 3 rings (SSSR count). The summed E-state index contributed by atoms with van der Waals surface area (Å²) in [5.74, 6) is -1.29. The molecule has 0 fully saturated rings. The molecule has 6 heteroatoms. The first kappa shape index (κ1) is 17.9. The lowest BCUT2D eigenvalue weighted by molar-refractivity contribution is -0.138. The van der Waals surface area contributed by atoms with Gasteiger partial charge in [-0.1, -0.05) is 24.3 Å². The average Bonchev–Trinajstić information content (AvgIpc) is 2.92. The maximum absolute atomic E-state index is 12.1. The van der Waals surface area contributed by atoms with Crippen LogP contribution in [0.1, 0.15) is 31.4 Å². The monoisotopic (exact) mass is 353 g/mol. The molecule has 6 nitrogen and oxygen atoms in total. The number of carboxylic acid groups (broad SMARTS) is 1. The normalized spacial score (nSPS) is 13.7. The molecular weight excluding hydrogens is 330 g/mol. The fourth-order valence-electron chi connectivity index (χ4n) is 3.26. The number of benzene rings is 2. The van der Waals surface area contributed by atoms with Crippen LogP contribution < -0.4 is 11.1 Å². The lowest BCUT2D eigenvalue weighted by Gasteiger charge is -2.15. The van der Waals surface area contributed by atoms with E-state index in [2.05, 4.69) is 34.1 Å². The first-order valence-corrected chi connectivity index (χ1v) is 8.63. The van der Waals surface area contributed by atoms with Crippen LogP contribution in [0.15, 0.2) is 42.5 Å². The van der Waals surface area contributed by atoms with Crippen LogP contribution in [0.25, 0.3) is 21.8 Å². The van der Waals surface area contributed by atoms with Crippen LogP contribution >= 0.6 is 0 Å². The Morgan fingerprint density at radius 3 is 2.58 bits per heavy atom. The Balaban J connectivity index is 1.78. The van der Waals surface area contributed by atoms with E-state index in [-0.39, 0.29) is 24.8 Å². The summed E-state index contributed by atoms with van der Waals surface area (Å²) in [6, 6.07) is 13.2. The summed E-state index contributed by atoms with van der Waals surface area (Å²) in [6.45, 7) is 1.92. The largest absolute Gasteiger partial charge is 0.480 e. The Morgan fingerprint density at radius 2 is 1.85 bits per heavy atom.